The van der Waals surface area contributed by atoms with Gasteiger partial charge < -0.3 is 4.90 Å². The van der Waals surface area contributed by atoms with Crippen LogP contribution in [0, 0.1) is 0 Å². The highest BCUT2D eigenvalue weighted by Gasteiger charge is 2.26. The Hall–Kier alpha value is -2.19. The predicted octanol–water partition coefficient (Wildman–Crippen LogP) is 2.85. The summed E-state index contributed by atoms with van der Waals surface area (Å²) in [6.45, 7) is 4.00. The first-order valence-electron chi connectivity index (χ1n) is 8.51. The number of carbonyl (C=O) groups is 1. The van der Waals surface area contributed by atoms with Crippen LogP contribution in [0.2, 0.25) is 0 Å². The Morgan fingerprint density at radius 2 is 2.12 bits per heavy atom. The molecular weight excluding hydrogens is 366 g/mol. The molecule has 0 saturated heterocycles. The number of tetrazole rings is 1. The summed E-state index contributed by atoms with van der Waals surface area (Å²) in [7, 11) is 0. The van der Waals surface area contributed by atoms with E-state index in [1.54, 1.807) is 16.0 Å². The Morgan fingerprint density at radius 1 is 1.27 bits per heavy atom. The zero-order valence-corrected chi connectivity index (χ0v) is 16.0. The van der Waals surface area contributed by atoms with Gasteiger partial charge in [0.25, 0.3) is 0 Å². The van der Waals surface area contributed by atoms with Crippen LogP contribution in [-0.4, -0.2) is 42.8 Å². The highest BCUT2D eigenvalue weighted by Crippen LogP contribution is 2.26. The Morgan fingerprint density at radius 3 is 2.92 bits per heavy atom. The van der Waals surface area contributed by atoms with Gasteiger partial charge in [-0.1, -0.05) is 42.1 Å². The maximum absolute atomic E-state index is 12.9. The van der Waals surface area contributed by atoms with E-state index in [-0.39, 0.29) is 11.2 Å². The Balaban J connectivity index is 1.42. The molecule has 1 unspecified atom stereocenters. The molecule has 1 amide bonds. The molecule has 3 heterocycles. The fourth-order valence-electron chi connectivity index (χ4n) is 3.08. The smallest absolute Gasteiger partial charge is 0.236 e. The van der Waals surface area contributed by atoms with E-state index >= 15 is 0 Å². The highest BCUT2D eigenvalue weighted by atomic mass is 32.2. The van der Waals surface area contributed by atoms with Gasteiger partial charge in [0, 0.05) is 18.0 Å². The van der Waals surface area contributed by atoms with Crippen LogP contribution in [0.3, 0.4) is 0 Å². The van der Waals surface area contributed by atoms with Gasteiger partial charge in [-0.15, -0.1) is 16.4 Å². The number of thioether (sulfide) groups is 1. The summed E-state index contributed by atoms with van der Waals surface area (Å²) in [6, 6.07) is 12.4. The van der Waals surface area contributed by atoms with E-state index in [9.17, 15) is 4.79 Å². The van der Waals surface area contributed by atoms with Gasteiger partial charge in [0.1, 0.15) is 0 Å². The number of rotatable bonds is 5. The van der Waals surface area contributed by atoms with Crippen LogP contribution in [0.25, 0.3) is 0 Å². The second-order valence-corrected chi connectivity index (χ2v) is 8.58. The quantitative estimate of drug-likeness (QED) is 0.632. The molecule has 134 valence electrons. The molecule has 0 saturated carbocycles. The number of fused-ring (bicyclic) bond motifs is 1. The molecular formula is C18H19N5OS2. The molecule has 26 heavy (non-hydrogen) atoms. The molecule has 2 aromatic heterocycles. The van der Waals surface area contributed by atoms with Crippen molar-refractivity contribution >= 4 is 29.0 Å². The van der Waals surface area contributed by atoms with Gasteiger partial charge in [0.2, 0.25) is 11.1 Å². The average Bonchev–Trinajstić information content (AvgIpc) is 3.33. The van der Waals surface area contributed by atoms with Crippen molar-refractivity contribution in [3.8, 4) is 0 Å². The fraction of sp³-hybridized carbons (Fsp3) is 0.333. The van der Waals surface area contributed by atoms with Crippen LogP contribution in [-0.2, 0) is 24.3 Å². The maximum Gasteiger partial charge on any atom is 0.236 e. The molecule has 0 N–H and O–H groups in total. The summed E-state index contributed by atoms with van der Waals surface area (Å²) in [5.41, 5.74) is 2.59. The molecule has 0 radical (unpaired) electrons. The Labute approximate surface area is 160 Å². The molecule has 8 heteroatoms. The van der Waals surface area contributed by atoms with Crippen LogP contribution in [0.1, 0.15) is 22.9 Å². The Kier molecular flexibility index (Phi) is 5.03. The van der Waals surface area contributed by atoms with Gasteiger partial charge in [-0.25, -0.2) is 4.68 Å². The van der Waals surface area contributed by atoms with Gasteiger partial charge >= 0.3 is 0 Å². The minimum absolute atomic E-state index is 0.134. The molecule has 4 rings (SSSR count). The van der Waals surface area contributed by atoms with Crippen LogP contribution in [0.5, 0.6) is 0 Å². The zero-order chi connectivity index (χ0) is 17.9. The lowest BCUT2D eigenvalue weighted by Crippen LogP contribution is -2.40. The second-order valence-electron chi connectivity index (χ2n) is 6.24. The van der Waals surface area contributed by atoms with Crippen LogP contribution >= 0.6 is 23.1 Å². The monoisotopic (exact) mass is 385 g/mol. The molecule has 0 bridgehead atoms. The number of carbonyl (C=O) groups excluding carboxylic acids is 1. The van der Waals surface area contributed by atoms with E-state index in [0.29, 0.717) is 18.2 Å². The fourth-order valence-corrected chi connectivity index (χ4v) is 4.64. The number of hydrogen-bond acceptors (Lipinski definition) is 6. The van der Waals surface area contributed by atoms with Crippen molar-refractivity contribution in [3.05, 3.63) is 57.8 Å². The number of nitrogens with zero attached hydrogens (tertiary/aromatic N) is 5. The number of hydrogen-bond donors (Lipinski definition) is 0. The standard InChI is InChI=1S/C18H19N5OS2/c1-13(17(24)22-9-8-14-5-2-3-6-15(14)11-22)26-18-19-20-21-23(18)12-16-7-4-10-25-16/h2-7,10,13H,8-9,11-12H2,1H3. The lowest BCUT2D eigenvalue weighted by atomic mass is 10.00. The first kappa shape index (κ1) is 17.2. The third-order valence-electron chi connectivity index (χ3n) is 4.46. The SMILES string of the molecule is CC(Sc1nnnn1Cc1cccs1)C(=O)N1CCc2ccccc2C1. The number of amides is 1. The second kappa shape index (κ2) is 7.59. The van der Waals surface area contributed by atoms with Gasteiger partial charge in [-0.05, 0) is 46.3 Å². The van der Waals surface area contributed by atoms with Crippen molar-refractivity contribution in [3.63, 3.8) is 0 Å². The van der Waals surface area contributed by atoms with E-state index in [0.717, 1.165) is 13.0 Å². The largest absolute Gasteiger partial charge is 0.337 e. The van der Waals surface area contributed by atoms with E-state index < -0.39 is 0 Å². The normalized spacial score (nSPS) is 14.9. The van der Waals surface area contributed by atoms with Gasteiger partial charge in [-0.2, -0.15) is 0 Å². The van der Waals surface area contributed by atoms with Gasteiger partial charge in [0.05, 0.1) is 11.8 Å². The molecule has 0 fully saturated rings. The van der Waals surface area contributed by atoms with Crippen molar-refractivity contribution < 1.29 is 4.79 Å². The van der Waals surface area contributed by atoms with Crippen molar-refractivity contribution in [1.29, 1.82) is 0 Å². The van der Waals surface area contributed by atoms with E-state index in [2.05, 4.69) is 39.8 Å². The molecule has 1 atom stereocenters. The summed E-state index contributed by atoms with van der Waals surface area (Å²) < 4.78 is 1.76. The molecule has 1 aliphatic rings. The number of aromatic nitrogens is 4. The summed E-state index contributed by atoms with van der Waals surface area (Å²) in [4.78, 5) is 16.0. The van der Waals surface area contributed by atoms with Crippen molar-refractivity contribution in [2.45, 2.75) is 36.8 Å². The molecule has 3 aromatic rings. The topological polar surface area (TPSA) is 63.9 Å². The summed E-state index contributed by atoms with van der Waals surface area (Å²) >= 11 is 3.09. The minimum atomic E-state index is -0.228. The van der Waals surface area contributed by atoms with E-state index in [1.807, 2.05) is 29.3 Å². The molecule has 0 aliphatic carbocycles. The molecule has 1 aliphatic heterocycles. The summed E-state index contributed by atoms with van der Waals surface area (Å²) in [5.74, 6) is 0.134. The van der Waals surface area contributed by atoms with Gasteiger partial charge in [0.15, 0.2) is 0 Å². The highest BCUT2D eigenvalue weighted by molar-refractivity contribution is 8.00. The Bertz CT molecular complexity index is 893. The number of thiophene rings is 1. The summed E-state index contributed by atoms with van der Waals surface area (Å²) in [5, 5.41) is 14.4. The third-order valence-corrected chi connectivity index (χ3v) is 6.38. The maximum atomic E-state index is 12.9. The third kappa shape index (κ3) is 3.66. The van der Waals surface area contributed by atoms with Crippen molar-refractivity contribution in [1.82, 2.24) is 25.1 Å². The van der Waals surface area contributed by atoms with Gasteiger partial charge in [-0.3, -0.25) is 4.79 Å². The van der Waals surface area contributed by atoms with Crippen LogP contribution in [0.4, 0.5) is 0 Å². The summed E-state index contributed by atoms with van der Waals surface area (Å²) in [6.07, 6.45) is 0.912. The minimum Gasteiger partial charge on any atom is -0.337 e. The molecule has 6 nitrogen and oxygen atoms in total. The van der Waals surface area contributed by atoms with Crippen molar-refractivity contribution in [2.24, 2.45) is 0 Å². The van der Waals surface area contributed by atoms with Crippen LogP contribution in [0.15, 0.2) is 46.9 Å². The molecule has 0 spiro atoms. The molecule has 1 aromatic carbocycles. The zero-order valence-electron chi connectivity index (χ0n) is 14.4. The first-order valence-corrected chi connectivity index (χ1v) is 10.3. The lowest BCUT2D eigenvalue weighted by Gasteiger charge is -2.30. The average molecular weight is 386 g/mol. The number of benzene rings is 1. The lowest BCUT2D eigenvalue weighted by molar-refractivity contribution is -0.131. The van der Waals surface area contributed by atoms with Crippen LogP contribution < -0.4 is 0 Å². The first-order chi connectivity index (χ1) is 12.7. The predicted molar refractivity (Wildman–Crippen MR) is 102 cm³/mol. The van der Waals surface area contributed by atoms with E-state index in [1.165, 1.54) is 27.8 Å². The van der Waals surface area contributed by atoms with E-state index in [4.69, 9.17) is 0 Å². The van der Waals surface area contributed by atoms with Crippen molar-refractivity contribution in [2.75, 3.05) is 6.54 Å².